The molecule has 1 fully saturated rings. The molecular formula is C16H20ClN3S. The van der Waals surface area contributed by atoms with Crippen LogP contribution in [0, 0.1) is 0 Å². The molecule has 0 spiro atoms. The summed E-state index contributed by atoms with van der Waals surface area (Å²) in [4.78, 5) is 8.45. The predicted octanol–water partition coefficient (Wildman–Crippen LogP) is 4.03. The van der Waals surface area contributed by atoms with Crippen molar-refractivity contribution in [2.45, 2.75) is 31.8 Å². The lowest BCUT2D eigenvalue weighted by Crippen LogP contribution is -2.16. The summed E-state index contributed by atoms with van der Waals surface area (Å²) in [6.07, 6.45) is 2.57. The first-order valence-corrected chi connectivity index (χ1v) is 8.47. The molecule has 0 amide bonds. The van der Waals surface area contributed by atoms with Gasteiger partial charge in [0.05, 0.1) is 5.69 Å². The molecule has 5 heteroatoms. The van der Waals surface area contributed by atoms with E-state index in [0.29, 0.717) is 5.92 Å². The highest BCUT2D eigenvalue weighted by atomic mass is 35.5. The molecule has 2 aromatic rings. The van der Waals surface area contributed by atoms with Gasteiger partial charge in [0.25, 0.3) is 0 Å². The maximum Gasteiger partial charge on any atom is 0.185 e. The van der Waals surface area contributed by atoms with Gasteiger partial charge in [-0.1, -0.05) is 29.8 Å². The molecule has 1 aromatic heterocycles. The van der Waals surface area contributed by atoms with Gasteiger partial charge < -0.3 is 10.2 Å². The van der Waals surface area contributed by atoms with Gasteiger partial charge in [-0.3, -0.25) is 0 Å². The fourth-order valence-electron chi connectivity index (χ4n) is 2.43. The monoisotopic (exact) mass is 321 g/mol. The van der Waals surface area contributed by atoms with E-state index in [2.05, 4.69) is 23.3 Å². The second-order valence-corrected chi connectivity index (χ2v) is 7.03. The van der Waals surface area contributed by atoms with E-state index in [4.69, 9.17) is 16.6 Å². The highest BCUT2D eigenvalue weighted by Gasteiger charge is 2.30. The average Bonchev–Trinajstić information content (AvgIpc) is 3.23. The summed E-state index contributed by atoms with van der Waals surface area (Å²) in [6.45, 7) is 1.69. The topological polar surface area (TPSA) is 28.2 Å². The van der Waals surface area contributed by atoms with Crippen LogP contribution in [0.1, 0.15) is 34.9 Å². The third-order valence-electron chi connectivity index (χ3n) is 3.71. The number of hydrogen-bond donors (Lipinski definition) is 1. The Morgan fingerprint density at radius 3 is 2.81 bits per heavy atom. The van der Waals surface area contributed by atoms with E-state index >= 15 is 0 Å². The summed E-state index contributed by atoms with van der Waals surface area (Å²) in [7, 11) is 4.07. The Morgan fingerprint density at radius 1 is 1.38 bits per heavy atom. The van der Waals surface area contributed by atoms with E-state index in [1.807, 2.05) is 25.2 Å². The van der Waals surface area contributed by atoms with E-state index in [0.717, 1.165) is 28.8 Å². The minimum atomic E-state index is 0.687. The Morgan fingerprint density at radius 2 is 2.14 bits per heavy atom. The number of nitrogens with zero attached hydrogens (tertiary/aromatic N) is 2. The van der Waals surface area contributed by atoms with Crippen LogP contribution in [0.4, 0.5) is 5.13 Å². The summed E-state index contributed by atoms with van der Waals surface area (Å²) >= 11 is 8.04. The summed E-state index contributed by atoms with van der Waals surface area (Å²) < 4.78 is 0. The molecule has 3 rings (SSSR count). The Kier molecular flexibility index (Phi) is 4.48. The van der Waals surface area contributed by atoms with Crippen molar-refractivity contribution in [2.75, 3.05) is 19.0 Å². The van der Waals surface area contributed by atoms with Gasteiger partial charge in [-0.25, -0.2) is 4.98 Å². The maximum atomic E-state index is 6.25. The van der Waals surface area contributed by atoms with Crippen molar-refractivity contribution in [3.63, 3.8) is 0 Å². The molecule has 21 heavy (non-hydrogen) atoms. The number of halogens is 1. The standard InChI is InChI=1S/C16H20ClN3S/c1-18-9-14-15(11-7-8-11)19-16(21-14)20(2)10-12-5-3-4-6-13(12)17/h3-6,11,18H,7-10H2,1-2H3. The Hall–Kier alpha value is -1.10. The zero-order valence-corrected chi connectivity index (χ0v) is 14.0. The fraction of sp³-hybridized carbons (Fsp3) is 0.438. The van der Waals surface area contributed by atoms with Gasteiger partial charge in [0, 0.05) is 36.0 Å². The molecule has 0 bridgehead atoms. The van der Waals surface area contributed by atoms with Crippen molar-refractivity contribution in [1.82, 2.24) is 10.3 Å². The predicted molar refractivity (Wildman–Crippen MR) is 90.4 cm³/mol. The summed E-state index contributed by atoms with van der Waals surface area (Å²) in [5.41, 5.74) is 2.44. The van der Waals surface area contributed by atoms with Crippen molar-refractivity contribution >= 4 is 28.1 Å². The number of benzene rings is 1. The van der Waals surface area contributed by atoms with Crippen LogP contribution in [0.2, 0.25) is 5.02 Å². The van der Waals surface area contributed by atoms with Crippen molar-refractivity contribution < 1.29 is 0 Å². The Bertz CT molecular complexity index is 622. The van der Waals surface area contributed by atoms with Crippen LogP contribution in [0.25, 0.3) is 0 Å². The largest absolute Gasteiger partial charge is 0.347 e. The van der Waals surface area contributed by atoms with E-state index in [-0.39, 0.29) is 0 Å². The van der Waals surface area contributed by atoms with Crippen molar-refractivity contribution in [3.05, 3.63) is 45.4 Å². The molecule has 0 unspecified atom stereocenters. The highest BCUT2D eigenvalue weighted by molar-refractivity contribution is 7.15. The number of anilines is 1. The average molecular weight is 322 g/mol. The lowest BCUT2D eigenvalue weighted by Gasteiger charge is -2.16. The van der Waals surface area contributed by atoms with Crippen molar-refractivity contribution in [3.8, 4) is 0 Å². The van der Waals surface area contributed by atoms with Crippen LogP contribution in [0.5, 0.6) is 0 Å². The van der Waals surface area contributed by atoms with Gasteiger partial charge >= 0.3 is 0 Å². The Labute approximate surface area is 135 Å². The number of hydrogen-bond acceptors (Lipinski definition) is 4. The van der Waals surface area contributed by atoms with Gasteiger partial charge in [0.2, 0.25) is 0 Å². The molecule has 1 heterocycles. The van der Waals surface area contributed by atoms with Crippen LogP contribution in [-0.4, -0.2) is 19.1 Å². The molecule has 1 aromatic carbocycles. The van der Waals surface area contributed by atoms with E-state index in [1.165, 1.54) is 23.4 Å². The van der Waals surface area contributed by atoms with E-state index < -0.39 is 0 Å². The number of nitrogens with one attached hydrogen (secondary N) is 1. The molecule has 3 nitrogen and oxygen atoms in total. The molecule has 1 aliphatic rings. The SMILES string of the molecule is CNCc1sc(N(C)Cc2ccccc2Cl)nc1C1CC1. The molecule has 1 saturated carbocycles. The maximum absolute atomic E-state index is 6.25. The molecule has 0 radical (unpaired) electrons. The first kappa shape index (κ1) is 14.8. The highest BCUT2D eigenvalue weighted by Crippen LogP contribution is 2.44. The van der Waals surface area contributed by atoms with Gasteiger partial charge in [0.1, 0.15) is 0 Å². The first-order chi connectivity index (χ1) is 10.2. The van der Waals surface area contributed by atoms with E-state index in [1.54, 1.807) is 11.3 Å². The zero-order valence-electron chi connectivity index (χ0n) is 12.4. The lowest BCUT2D eigenvalue weighted by molar-refractivity contribution is 0.811. The molecule has 1 aliphatic carbocycles. The second kappa shape index (κ2) is 6.34. The van der Waals surface area contributed by atoms with E-state index in [9.17, 15) is 0 Å². The Balaban J connectivity index is 1.79. The first-order valence-electron chi connectivity index (χ1n) is 7.27. The summed E-state index contributed by atoms with van der Waals surface area (Å²) in [5, 5.41) is 5.15. The fourth-order valence-corrected chi connectivity index (χ4v) is 3.74. The van der Waals surface area contributed by atoms with Crippen LogP contribution >= 0.6 is 22.9 Å². The lowest BCUT2D eigenvalue weighted by atomic mass is 10.2. The zero-order chi connectivity index (χ0) is 14.8. The second-order valence-electron chi connectivity index (χ2n) is 5.56. The summed E-state index contributed by atoms with van der Waals surface area (Å²) in [5.74, 6) is 0.687. The van der Waals surface area contributed by atoms with Crippen LogP contribution in [-0.2, 0) is 13.1 Å². The van der Waals surface area contributed by atoms with Gasteiger partial charge in [-0.05, 0) is 31.5 Å². The summed E-state index contributed by atoms with van der Waals surface area (Å²) in [6, 6.07) is 8.00. The molecule has 112 valence electrons. The number of rotatable bonds is 6. The van der Waals surface area contributed by atoms with Gasteiger partial charge in [0.15, 0.2) is 5.13 Å². The van der Waals surface area contributed by atoms with Gasteiger partial charge in [-0.15, -0.1) is 11.3 Å². The molecule has 0 aliphatic heterocycles. The minimum absolute atomic E-state index is 0.687. The molecular weight excluding hydrogens is 302 g/mol. The third kappa shape index (κ3) is 3.39. The smallest absolute Gasteiger partial charge is 0.185 e. The number of aromatic nitrogens is 1. The number of thiazole rings is 1. The molecule has 0 saturated heterocycles. The minimum Gasteiger partial charge on any atom is -0.347 e. The third-order valence-corrected chi connectivity index (χ3v) is 5.26. The van der Waals surface area contributed by atoms with Gasteiger partial charge in [-0.2, -0.15) is 0 Å². The molecule has 0 atom stereocenters. The van der Waals surface area contributed by atoms with Crippen LogP contribution < -0.4 is 10.2 Å². The van der Waals surface area contributed by atoms with Crippen LogP contribution in [0.3, 0.4) is 0 Å². The van der Waals surface area contributed by atoms with Crippen LogP contribution in [0.15, 0.2) is 24.3 Å². The quantitative estimate of drug-likeness (QED) is 0.870. The van der Waals surface area contributed by atoms with Crippen molar-refractivity contribution in [1.29, 1.82) is 0 Å². The van der Waals surface area contributed by atoms with Crippen molar-refractivity contribution in [2.24, 2.45) is 0 Å². The molecule has 1 N–H and O–H groups in total. The normalized spacial score (nSPS) is 14.4.